The van der Waals surface area contributed by atoms with Crippen LogP contribution in [-0.2, 0) is 17.6 Å². The largest absolute Gasteiger partial charge is 0.497 e. The van der Waals surface area contributed by atoms with Crippen molar-refractivity contribution in [3.8, 4) is 17.0 Å². The number of likely N-dealkylation sites (tertiary alicyclic amines) is 1. The van der Waals surface area contributed by atoms with Gasteiger partial charge in [-0.1, -0.05) is 32.4 Å². The number of amides is 1. The molecule has 0 bridgehead atoms. The summed E-state index contributed by atoms with van der Waals surface area (Å²) in [4.78, 5) is 22.9. The molecule has 2 heterocycles. The van der Waals surface area contributed by atoms with Crippen molar-refractivity contribution in [2.75, 3.05) is 32.3 Å². The number of rotatable bonds is 10. The molecular formula is C24H32ClFN4O4. The molecule has 1 saturated heterocycles. The lowest BCUT2D eigenvalue weighted by Crippen LogP contribution is -2.43. The summed E-state index contributed by atoms with van der Waals surface area (Å²) in [6.45, 7) is 5.33. The second-order valence-corrected chi connectivity index (χ2v) is 8.45. The van der Waals surface area contributed by atoms with Gasteiger partial charge in [0, 0.05) is 5.56 Å². The quantitative estimate of drug-likeness (QED) is 0.488. The Hall–Kier alpha value is -2.65. The average molecular weight is 495 g/mol. The summed E-state index contributed by atoms with van der Waals surface area (Å²) in [5.74, 6) is 1.24. The van der Waals surface area contributed by atoms with E-state index < -0.39 is 18.9 Å². The molecule has 0 aliphatic carbocycles. The van der Waals surface area contributed by atoms with E-state index in [0.717, 1.165) is 17.0 Å². The van der Waals surface area contributed by atoms with Gasteiger partial charge in [0.05, 0.1) is 60.6 Å². The van der Waals surface area contributed by atoms with E-state index in [2.05, 4.69) is 5.32 Å². The molecule has 1 aliphatic heterocycles. The van der Waals surface area contributed by atoms with Gasteiger partial charge in [-0.3, -0.25) is 0 Å². The number of hydrogen-bond donors (Lipinski definition) is 2. The van der Waals surface area contributed by atoms with E-state index in [0.29, 0.717) is 41.5 Å². The first-order valence-corrected chi connectivity index (χ1v) is 11.9. The zero-order chi connectivity index (χ0) is 24.8. The molecule has 8 nitrogen and oxygen atoms in total. The molecule has 10 heteroatoms. The molecule has 1 unspecified atom stereocenters. The summed E-state index contributed by atoms with van der Waals surface area (Å²) in [6, 6.07) is 4.72. The van der Waals surface area contributed by atoms with Crippen LogP contribution in [0.5, 0.6) is 5.75 Å². The Morgan fingerprint density at radius 1 is 1.26 bits per heavy atom. The minimum atomic E-state index is -1.02. The Bertz CT molecular complexity index is 1010. The predicted molar refractivity (Wildman–Crippen MR) is 130 cm³/mol. The van der Waals surface area contributed by atoms with E-state index in [1.54, 1.807) is 13.2 Å². The van der Waals surface area contributed by atoms with E-state index in [1.165, 1.54) is 4.90 Å². The number of nitrogens with one attached hydrogen (secondary N) is 1. The highest BCUT2D eigenvalue weighted by Gasteiger charge is 2.44. The second-order valence-electron chi connectivity index (χ2n) is 8.05. The lowest BCUT2D eigenvalue weighted by molar-refractivity contribution is 0.0450. The Kier molecular flexibility index (Phi) is 8.90. The van der Waals surface area contributed by atoms with Crippen molar-refractivity contribution >= 4 is 23.5 Å². The van der Waals surface area contributed by atoms with Gasteiger partial charge in [-0.05, 0) is 37.5 Å². The summed E-state index contributed by atoms with van der Waals surface area (Å²) >= 11 is 6.52. The molecule has 0 spiro atoms. The van der Waals surface area contributed by atoms with Crippen molar-refractivity contribution in [3.05, 3.63) is 34.6 Å². The van der Waals surface area contributed by atoms with Gasteiger partial charge in [0.15, 0.2) is 0 Å². The maximum absolute atomic E-state index is 12.8. The fourth-order valence-corrected chi connectivity index (χ4v) is 4.68. The van der Waals surface area contributed by atoms with Crippen molar-refractivity contribution in [2.24, 2.45) is 0 Å². The van der Waals surface area contributed by atoms with E-state index >= 15 is 0 Å². The van der Waals surface area contributed by atoms with Gasteiger partial charge in [-0.15, -0.1) is 0 Å². The minimum absolute atomic E-state index is 0.0891. The number of anilines is 1. The van der Waals surface area contributed by atoms with Crippen molar-refractivity contribution in [2.45, 2.75) is 58.2 Å². The third kappa shape index (κ3) is 5.36. The van der Waals surface area contributed by atoms with Crippen LogP contribution in [-0.4, -0.2) is 71.2 Å². The van der Waals surface area contributed by atoms with Crippen LogP contribution < -0.4 is 10.1 Å². The number of aryl methyl sites for hydroxylation is 2. The molecule has 1 aliphatic rings. The number of carboxylic acid groups (broad SMARTS) is 1. The van der Waals surface area contributed by atoms with Crippen LogP contribution in [0, 0.1) is 0 Å². The second kappa shape index (κ2) is 11.7. The van der Waals surface area contributed by atoms with Crippen LogP contribution in [0.25, 0.3) is 11.3 Å². The molecule has 2 aromatic rings. The van der Waals surface area contributed by atoms with Crippen LogP contribution in [0.15, 0.2) is 18.2 Å². The molecule has 186 valence electrons. The number of ether oxygens (including phenoxy) is 2. The molecule has 34 heavy (non-hydrogen) atoms. The van der Waals surface area contributed by atoms with Gasteiger partial charge in [0.1, 0.15) is 18.2 Å². The first-order chi connectivity index (χ1) is 16.4. The number of alkyl halides is 1. The zero-order valence-corrected chi connectivity index (χ0v) is 20.7. The third-order valence-corrected chi connectivity index (χ3v) is 6.42. The number of hydrogen-bond acceptors (Lipinski definition) is 6. The summed E-state index contributed by atoms with van der Waals surface area (Å²) < 4.78 is 23.8. The Balaban J connectivity index is 2.01. The molecule has 0 saturated carbocycles. The van der Waals surface area contributed by atoms with E-state index in [9.17, 15) is 14.3 Å². The smallest absolute Gasteiger partial charge is 0.407 e. The number of aromatic nitrogens is 2. The van der Waals surface area contributed by atoms with Crippen LogP contribution >= 0.6 is 11.6 Å². The third-order valence-electron chi connectivity index (χ3n) is 6.11. The molecule has 1 aromatic carbocycles. The van der Waals surface area contributed by atoms with E-state index in [4.69, 9.17) is 31.0 Å². The van der Waals surface area contributed by atoms with Crippen molar-refractivity contribution in [3.63, 3.8) is 0 Å². The Morgan fingerprint density at radius 3 is 2.56 bits per heavy atom. The SMILES string of the molecule is CCc1nc(-c2ccc(OC)cc2Cl)c(CC)nc1N[C@@H]1C(CC)N(C(=O)O)C[C@@H]1OCCF. The normalized spacial score (nSPS) is 19.9. The fraction of sp³-hybridized carbons (Fsp3) is 0.542. The monoisotopic (exact) mass is 494 g/mol. The van der Waals surface area contributed by atoms with Crippen LogP contribution in [0.4, 0.5) is 15.0 Å². The summed E-state index contributed by atoms with van der Waals surface area (Å²) in [5.41, 5.74) is 2.95. The summed E-state index contributed by atoms with van der Waals surface area (Å²) in [6.07, 6.45) is 0.278. The Labute approximate surface area is 204 Å². The fourth-order valence-electron chi connectivity index (χ4n) is 4.42. The number of carbonyl (C=O) groups is 1. The molecule has 2 N–H and O–H groups in total. The van der Waals surface area contributed by atoms with Crippen molar-refractivity contribution in [1.29, 1.82) is 0 Å². The molecule has 3 atom stereocenters. The molecular weight excluding hydrogens is 463 g/mol. The Morgan fingerprint density at radius 2 is 2.00 bits per heavy atom. The first-order valence-electron chi connectivity index (χ1n) is 11.6. The van der Waals surface area contributed by atoms with Gasteiger partial charge in [-0.2, -0.15) is 0 Å². The van der Waals surface area contributed by atoms with Crippen LogP contribution in [0.2, 0.25) is 5.02 Å². The van der Waals surface area contributed by atoms with Crippen molar-refractivity contribution < 1.29 is 23.8 Å². The summed E-state index contributed by atoms with van der Waals surface area (Å²) in [5, 5.41) is 13.6. The van der Waals surface area contributed by atoms with Crippen molar-refractivity contribution in [1.82, 2.24) is 14.9 Å². The highest BCUT2D eigenvalue weighted by Crippen LogP contribution is 2.34. The molecule has 1 fully saturated rings. The lowest BCUT2D eigenvalue weighted by Gasteiger charge is -2.28. The predicted octanol–water partition coefficient (Wildman–Crippen LogP) is 4.84. The standard InChI is InChI=1S/C24H32ClFN4O4/c1-5-17-21(15-9-8-14(33-4)12-16(15)25)27-18(6-2)23(28-17)29-22-19(7-3)30(24(31)32)13-20(22)34-11-10-26/h8-9,12,19-20,22H,5-7,10-11,13H2,1-4H3,(H,28,29)(H,31,32)/t19?,20-,22+/m0/s1. The van der Waals surface area contributed by atoms with E-state index in [-0.39, 0.29) is 25.2 Å². The maximum Gasteiger partial charge on any atom is 0.407 e. The molecule has 0 radical (unpaired) electrons. The van der Waals surface area contributed by atoms with Gasteiger partial charge < -0.3 is 24.8 Å². The highest BCUT2D eigenvalue weighted by atomic mass is 35.5. The molecule has 1 aromatic heterocycles. The topological polar surface area (TPSA) is 96.8 Å². The van der Waals surface area contributed by atoms with Gasteiger partial charge >= 0.3 is 6.09 Å². The molecule has 1 amide bonds. The first kappa shape index (κ1) is 26.0. The number of halogens is 2. The average Bonchev–Trinajstić information content (AvgIpc) is 3.19. The highest BCUT2D eigenvalue weighted by molar-refractivity contribution is 6.33. The van der Waals surface area contributed by atoms with E-state index in [1.807, 2.05) is 32.9 Å². The zero-order valence-electron chi connectivity index (χ0n) is 20.0. The number of methoxy groups -OCH3 is 1. The lowest BCUT2D eigenvalue weighted by atomic mass is 10.0. The van der Waals surface area contributed by atoms with Gasteiger partial charge in [-0.25, -0.2) is 19.2 Å². The summed E-state index contributed by atoms with van der Waals surface area (Å²) in [7, 11) is 1.58. The molecule has 3 rings (SSSR count). The minimum Gasteiger partial charge on any atom is -0.497 e. The maximum atomic E-state index is 12.8. The van der Waals surface area contributed by atoms with Gasteiger partial charge in [0.2, 0.25) is 0 Å². The number of benzene rings is 1. The van der Waals surface area contributed by atoms with Crippen LogP contribution in [0.1, 0.15) is 38.6 Å². The number of nitrogens with zero attached hydrogens (tertiary/aromatic N) is 3. The van der Waals surface area contributed by atoms with Crippen LogP contribution in [0.3, 0.4) is 0 Å². The van der Waals surface area contributed by atoms with Gasteiger partial charge in [0.25, 0.3) is 0 Å².